The van der Waals surface area contributed by atoms with Gasteiger partial charge in [-0.15, -0.1) is 0 Å². The molecule has 1 N–H and O–H groups in total. The summed E-state index contributed by atoms with van der Waals surface area (Å²) in [5.74, 6) is 0.650. The molecule has 3 heterocycles. The summed E-state index contributed by atoms with van der Waals surface area (Å²) in [6, 6.07) is 11.6. The molecule has 1 aromatic carbocycles. The predicted molar refractivity (Wildman–Crippen MR) is 76.8 cm³/mol. The number of hydrogen-bond acceptors (Lipinski definition) is 5. The van der Waals surface area contributed by atoms with Crippen molar-refractivity contribution >= 4 is 33.6 Å². The van der Waals surface area contributed by atoms with E-state index in [0.29, 0.717) is 11.4 Å². The van der Waals surface area contributed by atoms with Crippen LogP contribution in [0.3, 0.4) is 0 Å². The fraction of sp³-hybridized carbons (Fsp3) is 0. The highest BCUT2D eigenvalue weighted by Gasteiger charge is 2.12. The van der Waals surface area contributed by atoms with E-state index in [-0.39, 0.29) is 0 Å². The number of benzene rings is 1. The second-order valence-corrected chi connectivity index (χ2v) is 4.36. The largest absolute Gasteiger partial charge is 0.450 e. The Balaban J connectivity index is 1.91. The Hall–Kier alpha value is -2.95. The fourth-order valence-electron chi connectivity index (χ4n) is 2.18. The maximum atomic E-state index is 5.85. The number of furan rings is 1. The number of anilines is 2. The molecule has 96 valence electrons. The van der Waals surface area contributed by atoms with E-state index in [4.69, 9.17) is 4.42 Å². The van der Waals surface area contributed by atoms with Crippen LogP contribution in [0.2, 0.25) is 0 Å². The maximum Gasteiger partial charge on any atom is 0.196 e. The predicted octanol–water partition coefficient (Wildman–Crippen LogP) is 3.51. The Morgan fingerprint density at radius 3 is 2.70 bits per heavy atom. The lowest BCUT2D eigenvalue weighted by Gasteiger charge is -2.04. The van der Waals surface area contributed by atoms with Gasteiger partial charge in [-0.2, -0.15) is 0 Å². The number of para-hydroxylation sites is 1. The summed E-state index contributed by atoms with van der Waals surface area (Å²) >= 11 is 0. The zero-order valence-corrected chi connectivity index (χ0v) is 10.4. The van der Waals surface area contributed by atoms with E-state index in [2.05, 4.69) is 20.3 Å². The highest BCUT2D eigenvalue weighted by atomic mass is 16.3. The van der Waals surface area contributed by atoms with Crippen LogP contribution in [0.1, 0.15) is 0 Å². The third-order valence-corrected chi connectivity index (χ3v) is 3.10. The summed E-state index contributed by atoms with van der Waals surface area (Å²) in [6.45, 7) is 0. The van der Waals surface area contributed by atoms with E-state index < -0.39 is 0 Å². The molecule has 0 fully saturated rings. The van der Waals surface area contributed by atoms with Crippen molar-refractivity contribution in [3.63, 3.8) is 0 Å². The third-order valence-electron chi connectivity index (χ3n) is 3.10. The molecule has 3 aromatic heterocycles. The van der Waals surface area contributed by atoms with E-state index in [1.54, 1.807) is 12.4 Å². The first kappa shape index (κ1) is 10.9. The average molecular weight is 262 g/mol. The topological polar surface area (TPSA) is 63.8 Å². The van der Waals surface area contributed by atoms with Crippen LogP contribution in [0.5, 0.6) is 0 Å². The molecule has 5 heteroatoms. The van der Waals surface area contributed by atoms with E-state index in [1.165, 1.54) is 6.33 Å². The summed E-state index contributed by atoms with van der Waals surface area (Å²) in [5.41, 5.74) is 3.18. The quantitative estimate of drug-likeness (QED) is 0.598. The van der Waals surface area contributed by atoms with Crippen LogP contribution in [0, 0.1) is 0 Å². The minimum Gasteiger partial charge on any atom is -0.450 e. The molecule has 0 aliphatic carbocycles. The molecule has 0 saturated carbocycles. The summed E-state index contributed by atoms with van der Waals surface area (Å²) in [7, 11) is 0. The number of aromatic nitrogens is 3. The van der Waals surface area contributed by atoms with E-state index in [9.17, 15) is 0 Å². The van der Waals surface area contributed by atoms with Crippen molar-refractivity contribution in [2.75, 3.05) is 5.32 Å². The van der Waals surface area contributed by atoms with Gasteiger partial charge in [0.05, 0.1) is 0 Å². The molecule has 0 unspecified atom stereocenters. The van der Waals surface area contributed by atoms with Crippen molar-refractivity contribution in [3.05, 3.63) is 55.1 Å². The molecule has 0 amide bonds. The van der Waals surface area contributed by atoms with E-state index in [0.717, 1.165) is 22.2 Å². The zero-order valence-electron chi connectivity index (χ0n) is 10.4. The molecule has 0 spiro atoms. The molecule has 20 heavy (non-hydrogen) atoms. The highest BCUT2D eigenvalue weighted by Crippen LogP contribution is 2.31. The Morgan fingerprint density at radius 1 is 0.950 bits per heavy atom. The van der Waals surface area contributed by atoms with Crippen LogP contribution in [0.15, 0.2) is 59.5 Å². The van der Waals surface area contributed by atoms with Crippen LogP contribution in [0.4, 0.5) is 11.5 Å². The monoisotopic (exact) mass is 262 g/mol. The minimum absolute atomic E-state index is 0.650. The lowest BCUT2D eigenvalue weighted by atomic mass is 10.2. The number of hydrogen-bond donors (Lipinski definition) is 1. The molecular formula is C15H10N4O. The Morgan fingerprint density at radius 2 is 1.80 bits per heavy atom. The van der Waals surface area contributed by atoms with Crippen molar-refractivity contribution in [3.8, 4) is 0 Å². The minimum atomic E-state index is 0.650. The van der Waals surface area contributed by atoms with Gasteiger partial charge in [-0.25, -0.2) is 9.97 Å². The van der Waals surface area contributed by atoms with Gasteiger partial charge in [0.15, 0.2) is 11.4 Å². The molecule has 4 aromatic rings. The summed E-state index contributed by atoms with van der Waals surface area (Å²) in [4.78, 5) is 12.6. The van der Waals surface area contributed by atoms with Gasteiger partial charge in [-0.1, -0.05) is 12.1 Å². The van der Waals surface area contributed by atoms with Crippen molar-refractivity contribution in [2.45, 2.75) is 0 Å². The Bertz CT molecular complexity index is 886. The van der Waals surface area contributed by atoms with Crippen molar-refractivity contribution in [1.82, 2.24) is 15.0 Å². The van der Waals surface area contributed by atoms with E-state index in [1.807, 2.05) is 36.4 Å². The second kappa shape index (κ2) is 4.31. The number of nitrogens with zero attached hydrogens (tertiary/aromatic N) is 3. The van der Waals surface area contributed by atoms with Gasteiger partial charge in [-0.05, 0) is 24.3 Å². The number of pyridine rings is 1. The van der Waals surface area contributed by atoms with E-state index >= 15 is 0 Å². The lowest BCUT2D eigenvalue weighted by molar-refractivity contribution is 0.667. The molecule has 0 bridgehead atoms. The molecule has 0 radical (unpaired) electrons. The summed E-state index contributed by atoms with van der Waals surface area (Å²) < 4.78 is 5.85. The second-order valence-electron chi connectivity index (χ2n) is 4.36. The van der Waals surface area contributed by atoms with Gasteiger partial charge in [0.1, 0.15) is 17.4 Å². The lowest BCUT2D eigenvalue weighted by Crippen LogP contribution is -1.94. The third kappa shape index (κ3) is 1.68. The SMILES string of the molecule is c1ccc2c(c1)oc1c(Nc3ccncc3)ncnc12. The Kier molecular flexibility index (Phi) is 2.35. The van der Waals surface area contributed by atoms with Crippen LogP contribution in [-0.4, -0.2) is 15.0 Å². The first-order valence-electron chi connectivity index (χ1n) is 6.21. The number of rotatable bonds is 2. The van der Waals surface area contributed by atoms with Crippen LogP contribution >= 0.6 is 0 Å². The smallest absolute Gasteiger partial charge is 0.196 e. The molecule has 0 aliphatic rings. The van der Waals surface area contributed by atoms with Gasteiger partial charge in [0.2, 0.25) is 0 Å². The van der Waals surface area contributed by atoms with Gasteiger partial charge in [-0.3, -0.25) is 4.98 Å². The Labute approximate surface area is 114 Å². The normalized spacial score (nSPS) is 11.0. The van der Waals surface area contributed by atoms with Crippen molar-refractivity contribution < 1.29 is 4.42 Å². The summed E-state index contributed by atoms with van der Waals surface area (Å²) in [5, 5.41) is 4.21. The van der Waals surface area contributed by atoms with Gasteiger partial charge in [0.25, 0.3) is 0 Å². The van der Waals surface area contributed by atoms with Crippen molar-refractivity contribution in [1.29, 1.82) is 0 Å². The zero-order chi connectivity index (χ0) is 13.4. The molecule has 4 rings (SSSR count). The first-order chi connectivity index (χ1) is 9.92. The standard InChI is InChI=1S/C15H10N4O/c1-2-4-12-11(3-1)13-14(20-12)15(18-9-17-13)19-10-5-7-16-8-6-10/h1-9H,(H,16,17,18,19). The van der Waals surface area contributed by atoms with Gasteiger partial charge in [0, 0.05) is 23.5 Å². The first-order valence-corrected chi connectivity index (χ1v) is 6.21. The number of nitrogens with one attached hydrogen (secondary N) is 1. The highest BCUT2D eigenvalue weighted by molar-refractivity contribution is 6.05. The number of fused-ring (bicyclic) bond motifs is 3. The van der Waals surface area contributed by atoms with Gasteiger partial charge >= 0.3 is 0 Å². The van der Waals surface area contributed by atoms with Crippen LogP contribution in [0.25, 0.3) is 22.1 Å². The maximum absolute atomic E-state index is 5.85. The summed E-state index contributed by atoms with van der Waals surface area (Å²) in [6.07, 6.45) is 4.98. The average Bonchev–Trinajstić information content (AvgIpc) is 2.88. The molecular weight excluding hydrogens is 252 g/mol. The molecule has 5 nitrogen and oxygen atoms in total. The van der Waals surface area contributed by atoms with Crippen LogP contribution in [-0.2, 0) is 0 Å². The molecule has 0 aliphatic heterocycles. The molecule has 0 saturated heterocycles. The van der Waals surface area contributed by atoms with Gasteiger partial charge < -0.3 is 9.73 Å². The fourth-order valence-corrected chi connectivity index (χ4v) is 2.18. The van der Waals surface area contributed by atoms with Crippen molar-refractivity contribution in [2.24, 2.45) is 0 Å². The van der Waals surface area contributed by atoms with Crippen LogP contribution < -0.4 is 5.32 Å². The molecule has 0 atom stereocenters.